The van der Waals surface area contributed by atoms with Crippen molar-refractivity contribution in [3.05, 3.63) is 57.9 Å². The highest BCUT2D eigenvalue weighted by atomic mass is 79.9. The molecule has 0 unspecified atom stereocenters. The lowest BCUT2D eigenvalue weighted by Crippen LogP contribution is -2.28. The Morgan fingerprint density at radius 1 is 1.24 bits per heavy atom. The van der Waals surface area contributed by atoms with Crippen LogP contribution in [0.25, 0.3) is 22.6 Å². The molecule has 2 aromatic carbocycles. The minimum absolute atomic E-state index is 0.0680. The molecule has 5 nitrogen and oxygen atoms in total. The molecule has 1 aromatic heterocycles. The second-order valence-corrected chi connectivity index (χ2v) is 10.3. The van der Waals surface area contributed by atoms with Gasteiger partial charge < -0.3 is 4.98 Å². The predicted molar refractivity (Wildman–Crippen MR) is 115 cm³/mol. The van der Waals surface area contributed by atoms with E-state index in [9.17, 15) is 12.8 Å². The molecule has 0 aliphatic carbocycles. The maximum atomic E-state index is 13.8. The van der Waals surface area contributed by atoms with Gasteiger partial charge in [0.15, 0.2) is 0 Å². The first kappa shape index (κ1) is 20.5. The molecular weight excluding hydrogens is 481 g/mol. The first-order chi connectivity index (χ1) is 13.8. The summed E-state index contributed by atoms with van der Waals surface area (Å²) in [6, 6.07) is 9.58. The fraction of sp³-hybridized carbons (Fsp3) is 0.250. The van der Waals surface area contributed by atoms with Crippen LogP contribution < -0.4 is 0 Å². The van der Waals surface area contributed by atoms with Gasteiger partial charge in [-0.25, -0.2) is 17.8 Å². The van der Waals surface area contributed by atoms with Gasteiger partial charge in [0.05, 0.1) is 21.4 Å². The third kappa shape index (κ3) is 3.99. The number of sulfonamides is 1. The number of nitrogens with one attached hydrogen (secondary N) is 1. The van der Waals surface area contributed by atoms with Crippen LogP contribution in [0.1, 0.15) is 13.3 Å². The third-order valence-electron chi connectivity index (χ3n) is 5.02. The normalized spacial score (nSPS) is 17.7. The summed E-state index contributed by atoms with van der Waals surface area (Å²) in [6.45, 7) is 3.01. The molecule has 1 fully saturated rings. The van der Waals surface area contributed by atoms with E-state index < -0.39 is 10.0 Å². The van der Waals surface area contributed by atoms with Crippen molar-refractivity contribution < 1.29 is 12.8 Å². The molecule has 29 heavy (non-hydrogen) atoms. The fourth-order valence-corrected chi connectivity index (χ4v) is 5.70. The summed E-state index contributed by atoms with van der Waals surface area (Å²) in [7, 11) is -3.68. The average molecular weight is 499 g/mol. The molecule has 0 bridgehead atoms. The highest BCUT2D eigenvalue weighted by molar-refractivity contribution is 9.10. The molecule has 1 aliphatic heterocycles. The van der Waals surface area contributed by atoms with Gasteiger partial charge in [0.2, 0.25) is 10.0 Å². The van der Waals surface area contributed by atoms with Crippen LogP contribution in [0.15, 0.2) is 52.0 Å². The number of hydrogen-bond acceptors (Lipinski definition) is 3. The number of nitrogens with zero attached hydrogens (tertiary/aromatic N) is 2. The molecule has 3 aromatic rings. The molecule has 1 N–H and O–H groups in total. The first-order valence-corrected chi connectivity index (χ1v) is 11.7. The van der Waals surface area contributed by atoms with Gasteiger partial charge in [0.1, 0.15) is 16.5 Å². The Labute approximate surface area is 182 Å². The van der Waals surface area contributed by atoms with E-state index in [0.717, 1.165) is 6.42 Å². The molecule has 2 heterocycles. The quantitative estimate of drug-likeness (QED) is 0.529. The van der Waals surface area contributed by atoms with E-state index >= 15 is 0 Å². The number of benzene rings is 2. The Morgan fingerprint density at radius 3 is 2.69 bits per heavy atom. The number of hydrogen-bond donors (Lipinski definition) is 1. The number of imidazole rings is 1. The lowest BCUT2D eigenvalue weighted by Gasteiger charge is -2.17. The molecule has 1 aliphatic rings. The van der Waals surface area contributed by atoms with Gasteiger partial charge in [-0.15, -0.1) is 0 Å². The van der Waals surface area contributed by atoms with Crippen LogP contribution in [0.4, 0.5) is 4.39 Å². The summed E-state index contributed by atoms with van der Waals surface area (Å²) in [6.07, 6.45) is 2.42. The van der Waals surface area contributed by atoms with Crippen molar-refractivity contribution in [3.63, 3.8) is 0 Å². The van der Waals surface area contributed by atoms with E-state index in [1.54, 1.807) is 30.5 Å². The predicted octanol–water partition coefficient (Wildman–Crippen LogP) is 5.33. The van der Waals surface area contributed by atoms with Gasteiger partial charge in [0, 0.05) is 24.2 Å². The lowest BCUT2D eigenvalue weighted by atomic mass is 10.2. The Morgan fingerprint density at radius 2 is 2.00 bits per heavy atom. The van der Waals surface area contributed by atoms with Crippen LogP contribution in [0.5, 0.6) is 0 Å². The highest BCUT2D eigenvalue weighted by Crippen LogP contribution is 2.32. The summed E-state index contributed by atoms with van der Waals surface area (Å²) in [5.74, 6) is 0.426. The minimum atomic E-state index is -3.68. The summed E-state index contributed by atoms with van der Waals surface area (Å²) < 4.78 is 41.8. The summed E-state index contributed by atoms with van der Waals surface area (Å²) in [5.41, 5.74) is 1.85. The molecule has 4 rings (SSSR count). The Kier molecular flexibility index (Phi) is 5.54. The standard InChI is InChI=1S/C20H18BrClFN3O2S/c1-12-6-7-26(11-12)29(27,28)19-9-14(3-5-16(19)22)20-24-10-18(25-20)13-2-4-15(21)17(23)8-13/h2-5,8-10,12H,6-7,11H2,1H3,(H,24,25)/t12-/m1/s1. The van der Waals surface area contributed by atoms with E-state index in [2.05, 4.69) is 25.9 Å². The molecule has 9 heteroatoms. The van der Waals surface area contributed by atoms with Crippen molar-refractivity contribution >= 4 is 37.6 Å². The van der Waals surface area contributed by atoms with E-state index in [0.29, 0.717) is 46.1 Å². The molecule has 0 amide bonds. The van der Waals surface area contributed by atoms with Crippen molar-refractivity contribution in [2.75, 3.05) is 13.1 Å². The van der Waals surface area contributed by atoms with Crippen molar-refractivity contribution in [1.82, 2.24) is 14.3 Å². The zero-order valence-corrected chi connectivity index (χ0v) is 18.7. The molecule has 152 valence electrons. The number of halogens is 3. The smallest absolute Gasteiger partial charge is 0.244 e. The number of aromatic nitrogens is 2. The van der Waals surface area contributed by atoms with Gasteiger partial charge in [-0.05, 0) is 58.6 Å². The number of rotatable bonds is 4. The van der Waals surface area contributed by atoms with Crippen LogP contribution >= 0.6 is 27.5 Å². The van der Waals surface area contributed by atoms with Crippen molar-refractivity contribution in [1.29, 1.82) is 0 Å². The SMILES string of the molecule is C[C@@H]1CCN(S(=O)(=O)c2cc(-c3ncc(-c4ccc(Br)c(F)c4)[nH]3)ccc2Cl)C1. The first-order valence-electron chi connectivity index (χ1n) is 9.06. The molecule has 0 radical (unpaired) electrons. The van der Waals surface area contributed by atoms with Gasteiger partial charge in [0.25, 0.3) is 0 Å². The van der Waals surface area contributed by atoms with Gasteiger partial charge in [-0.3, -0.25) is 0 Å². The fourth-order valence-electron chi connectivity index (χ4n) is 3.38. The monoisotopic (exact) mass is 497 g/mol. The van der Waals surface area contributed by atoms with Crippen molar-refractivity contribution in [2.24, 2.45) is 5.92 Å². The van der Waals surface area contributed by atoms with Crippen LogP contribution in [-0.4, -0.2) is 35.8 Å². The zero-order valence-electron chi connectivity index (χ0n) is 15.5. The van der Waals surface area contributed by atoms with Gasteiger partial charge in [-0.1, -0.05) is 24.6 Å². The van der Waals surface area contributed by atoms with Gasteiger partial charge >= 0.3 is 0 Å². The molecule has 1 atom stereocenters. The molecule has 1 saturated heterocycles. The van der Waals surface area contributed by atoms with E-state index in [1.165, 1.54) is 16.4 Å². The second-order valence-electron chi connectivity index (χ2n) is 7.18. The summed E-state index contributed by atoms with van der Waals surface area (Å²) in [4.78, 5) is 7.53. The van der Waals surface area contributed by atoms with Crippen LogP contribution in [0.2, 0.25) is 5.02 Å². The molecule has 0 saturated carbocycles. The van der Waals surface area contributed by atoms with Crippen LogP contribution in [0, 0.1) is 11.7 Å². The Bertz CT molecular complexity index is 1180. The number of aromatic amines is 1. The third-order valence-corrected chi connectivity index (χ3v) is 8.01. The van der Waals surface area contributed by atoms with E-state index in [1.807, 2.05) is 6.92 Å². The molecular formula is C20H18BrClFN3O2S. The Hall–Kier alpha value is -1.74. The van der Waals surface area contributed by atoms with Gasteiger partial charge in [-0.2, -0.15) is 4.31 Å². The Balaban J connectivity index is 1.69. The van der Waals surface area contributed by atoms with E-state index in [-0.39, 0.29) is 15.7 Å². The van der Waals surface area contributed by atoms with Crippen LogP contribution in [0.3, 0.4) is 0 Å². The topological polar surface area (TPSA) is 66.1 Å². The number of H-pyrrole nitrogens is 1. The van der Waals surface area contributed by atoms with E-state index in [4.69, 9.17) is 11.6 Å². The average Bonchev–Trinajstić information content (AvgIpc) is 3.34. The van der Waals surface area contributed by atoms with Crippen LogP contribution in [-0.2, 0) is 10.0 Å². The van der Waals surface area contributed by atoms with Crippen molar-refractivity contribution in [2.45, 2.75) is 18.2 Å². The second kappa shape index (κ2) is 7.83. The maximum Gasteiger partial charge on any atom is 0.244 e. The lowest BCUT2D eigenvalue weighted by molar-refractivity contribution is 0.464. The summed E-state index contributed by atoms with van der Waals surface area (Å²) in [5, 5.41) is 0.176. The van der Waals surface area contributed by atoms with Crippen molar-refractivity contribution in [3.8, 4) is 22.6 Å². The minimum Gasteiger partial charge on any atom is -0.338 e. The molecule has 0 spiro atoms. The maximum absolute atomic E-state index is 13.8. The highest BCUT2D eigenvalue weighted by Gasteiger charge is 2.32. The summed E-state index contributed by atoms with van der Waals surface area (Å²) >= 11 is 9.37. The largest absolute Gasteiger partial charge is 0.338 e. The zero-order chi connectivity index (χ0) is 20.8.